The molecule has 1 nitrogen and oxygen atoms in total. The van der Waals surface area contributed by atoms with Crippen LogP contribution in [0.15, 0.2) is 29.2 Å². The number of Topliss-reactive ketones (excluding diaryl/α,β-unsaturated/α-hetero) is 1. The summed E-state index contributed by atoms with van der Waals surface area (Å²) < 4.78 is 0. The highest BCUT2D eigenvalue weighted by Crippen LogP contribution is 2.23. The van der Waals surface area contributed by atoms with Crippen molar-refractivity contribution in [3.63, 3.8) is 0 Å². The van der Waals surface area contributed by atoms with Crippen molar-refractivity contribution in [1.82, 2.24) is 0 Å². The van der Waals surface area contributed by atoms with Crippen molar-refractivity contribution in [2.24, 2.45) is 0 Å². The van der Waals surface area contributed by atoms with E-state index < -0.39 is 0 Å². The van der Waals surface area contributed by atoms with Crippen LogP contribution >= 0.6 is 24.4 Å². The lowest BCUT2D eigenvalue weighted by Gasteiger charge is -2.02. The fraction of sp³-hybridized carbons (Fsp3) is 0.222. The third kappa shape index (κ3) is 2.29. The van der Waals surface area contributed by atoms with E-state index in [1.165, 1.54) is 0 Å². The van der Waals surface area contributed by atoms with Crippen LogP contribution in [0.3, 0.4) is 0 Å². The number of benzene rings is 1. The summed E-state index contributed by atoms with van der Waals surface area (Å²) >= 11 is 5.67. The highest BCUT2D eigenvalue weighted by Gasteiger charge is 2.04. The summed E-state index contributed by atoms with van der Waals surface area (Å²) in [6, 6.07) is 7.59. The summed E-state index contributed by atoms with van der Waals surface area (Å²) in [6.07, 6.45) is 0. The molecule has 0 aliphatic rings. The van der Waals surface area contributed by atoms with Gasteiger partial charge in [0, 0.05) is 15.5 Å². The fourth-order valence-corrected chi connectivity index (χ4v) is 2.05. The molecule has 0 heterocycles. The summed E-state index contributed by atoms with van der Waals surface area (Å²) in [4.78, 5) is 12.1. The third-order valence-corrected chi connectivity index (χ3v) is 2.67. The van der Waals surface area contributed by atoms with Crippen LogP contribution in [0.25, 0.3) is 0 Å². The molecule has 0 atom stereocenters. The molecule has 0 unspecified atom stereocenters. The zero-order valence-corrected chi connectivity index (χ0v) is 8.49. The van der Waals surface area contributed by atoms with Crippen molar-refractivity contribution in [2.45, 2.75) is 11.8 Å². The van der Waals surface area contributed by atoms with E-state index in [1.807, 2.05) is 24.3 Å². The van der Waals surface area contributed by atoms with Gasteiger partial charge < -0.3 is 0 Å². The topological polar surface area (TPSA) is 17.1 Å². The van der Waals surface area contributed by atoms with E-state index in [4.69, 9.17) is 0 Å². The molecule has 0 aliphatic carbocycles. The second kappa shape index (κ2) is 4.58. The highest BCUT2D eigenvalue weighted by atomic mass is 32.2. The molecule has 1 aromatic rings. The molecule has 1 rings (SSSR count). The van der Waals surface area contributed by atoms with Gasteiger partial charge in [-0.25, -0.2) is 0 Å². The van der Waals surface area contributed by atoms with Gasteiger partial charge in [0.15, 0.2) is 5.78 Å². The van der Waals surface area contributed by atoms with Crippen LogP contribution in [-0.4, -0.2) is 10.9 Å². The van der Waals surface area contributed by atoms with E-state index in [-0.39, 0.29) is 5.78 Å². The van der Waals surface area contributed by atoms with Gasteiger partial charge in [0.2, 0.25) is 0 Å². The number of hydrogen-bond donors (Lipinski definition) is 1. The Bertz CT molecular complexity index is 284. The molecule has 3 heteroatoms. The van der Waals surface area contributed by atoms with Gasteiger partial charge in [-0.05, 0) is 13.0 Å². The second-order valence-corrected chi connectivity index (χ2v) is 4.09. The minimum Gasteiger partial charge on any atom is -0.294 e. The molecule has 0 spiro atoms. The minimum absolute atomic E-state index is 0.111. The van der Waals surface area contributed by atoms with E-state index >= 15 is 0 Å². The van der Waals surface area contributed by atoms with Crippen LogP contribution in [0.1, 0.15) is 17.3 Å². The quantitative estimate of drug-likeness (QED) is 0.348. The summed E-state index contributed by atoms with van der Waals surface area (Å²) in [5.41, 5.74) is 0.788. The molecule has 64 valence electrons. The standard InChI is InChI=1S/C9H10OS2/c1-7(10)8-4-2-3-5-9(8)12-6-11/h2-5,11H,6H2,1H3. The predicted octanol–water partition coefficient (Wildman–Crippen LogP) is 2.87. The van der Waals surface area contributed by atoms with E-state index in [0.29, 0.717) is 5.08 Å². The van der Waals surface area contributed by atoms with E-state index in [1.54, 1.807) is 18.7 Å². The normalized spacial score (nSPS) is 9.83. The van der Waals surface area contributed by atoms with Crippen LogP contribution < -0.4 is 0 Å². The first-order valence-corrected chi connectivity index (χ1v) is 5.21. The Hall–Kier alpha value is -0.410. The van der Waals surface area contributed by atoms with Gasteiger partial charge in [-0.2, -0.15) is 12.6 Å². The largest absolute Gasteiger partial charge is 0.294 e. The average molecular weight is 198 g/mol. The van der Waals surface area contributed by atoms with Crippen LogP contribution in [0, 0.1) is 0 Å². The number of ketones is 1. The lowest BCUT2D eigenvalue weighted by atomic mass is 10.1. The van der Waals surface area contributed by atoms with Gasteiger partial charge in [-0.3, -0.25) is 4.79 Å². The molecular weight excluding hydrogens is 188 g/mol. The Kier molecular flexibility index (Phi) is 3.69. The molecule has 0 saturated heterocycles. The minimum atomic E-state index is 0.111. The van der Waals surface area contributed by atoms with Crippen molar-refractivity contribution in [2.75, 3.05) is 5.08 Å². The van der Waals surface area contributed by atoms with Gasteiger partial charge in [-0.1, -0.05) is 18.2 Å². The predicted molar refractivity (Wildman–Crippen MR) is 56.2 cm³/mol. The lowest BCUT2D eigenvalue weighted by Crippen LogP contribution is -1.93. The third-order valence-electron chi connectivity index (χ3n) is 1.49. The number of thiol groups is 1. The molecule has 0 radical (unpaired) electrons. The maximum Gasteiger partial charge on any atom is 0.160 e. The van der Waals surface area contributed by atoms with Crippen LogP contribution in [0.4, 0.5) is 0 Å². The van der Waals surface area contributed by atoms with Crippen molar-refractivity contribution in [1.29, 1.82) is 0 Å². The van der Waals surface area contributed by atoms with Gasteiger partial charge in [0.05, 0.1) is 0 Å². The van der Waals surface area contributed by atoms with Gasteiger partial charge in [0.1, 0.15) is 0 Å². The zero-order chi connectivity index (χ0) is 8.97. The summed E-state index contributed by atoms with van der Waals surface area (Å²) in [5, 5.41) is 0.699. The Morgan fingerprint density at radius 3 is 2.75 bits per heavy atom. The van der Waals surface area contributed by atoms with Gasteiger partial charge >= 0.3 is 0 Å². The Morgan fingerprint density at radius 1 is 1.50 bits per heavy atom. The first-order valence-electron chi connectivity index (χ1n) is 3.59. The first-order chi connectivity index (χ1) is 5.75. The van der Waals surface area contributed by atoms with Crippen molar-refractivity contribution in [3.05, 3.63) is 29.8 Å². The highest BCUT2D eigenvalue weighted by molar-refractivity contribution is 8.09. The Morgan fingerprint density at radius 2 is 2.17 bits per heavy atom. The summed E-state index contributed by atoms with van der Waals surface area (Å²) in [5.74, 6) is 0.111. The maximum absolute atomic E-state index is 11.1. The molecule has 1 aromatic carbocycles. The molecule has 0 amide bonds. The van der Waals surface area contributed by atoms with Crippen LogP contribution in [-0.2, 0) is 0 Å². The summed E-state index contributed by atoms with van der Waals surface area (Å²) in [7, 11) is 0. The van der Waals surface area contributed by atoms with Crippen molar-refractivity contribution in [3.8, 4) is 0 Å². The molecule has 0 aliphatic heterocycles. The molecule has 0 bridgehead atoms. The lowest BCUT2D eigenvalue weighted by molar-refractivity contribution is 0.101. The second-order valence-electron chi connectivity index (χ2n) is 2.33. The molecule has 0 N–H and O–H groups in total. The van der Waals surface area contributed by atoms with E-state index in [2.05, 4.69) is 12.6 Å². The Labute approximate surface area is 82.0 Å². The SMILES string of the molecule is CC(=O)c1ccccc1SCS. The average Bonchev–Trinajstić information content (AvgIpc) is 2.05. The zero-order valence-electron chi connectivity index (χ0n) is 6.78. The van der Waals surface area contributed by atoms with E-state index in [0.717, 1.165) is 10.5 Å². The smallest absolute Gasteiger partial charge is 0.160 e. The maximum atomic E-state index is 11.1. The molecule has 0 aromatic heterocycles. The van der Waals surface area contributed by atoms with Crippen LogP contribution in [0.2, 0.25) is 0 Å². The van der Waals surface area contributed by atoms with Crippen molar-refractivity contribution >= 4 is 30.2 Å². The fourth-order valence-electron chi connectivity index (χ4n) is 0.953. The number of rotatable bonds is 3. The Balaban J connectivity index is 3.00. The van der Waals surface area contributed by atoms with Gasteiger partial charge in [-0.15, -0.1) is 11.8 Å². The number of thioether (sulfide) groups is 1. The van der Waals surface area contributed by atoms with Crippen LogP contribution in [0.5, 0.6) is 0 Å². The number of carbonyl (C=O) groups excluding carboxylic acids is 1. The molecule has 12 heavy (non-hydrogen) atoms. The first kappa shape index (κ1) is 9.68. The van der Waals surface area contributed by atoms with Crippen molar-refractivity contribution < 1.29 is 4.79 Å². The number of hydrogen-bond acceptors (Lipinski definition) is 3. The molecular formula is C9H10OS2. The van der Waals surface area contributed by atoms with E-state index in [9.17, 15) is 4.79 Å². The molecule has 0 fully saturated rings. The van der Waals surface area contributed by atoms with Gasteiger partial charge in [0.25, 0.3) is 0 Å². The summed E-state index contributed by atoms with van der Waals surface area (Å²) in [6.45, 7) is 1.58. The number of carbonyl (C=O) groups is 1. The monoisotopic (exact) mass is 198 g/mol. The molecule has 0 saturated carbocycles.